The number of anilines is 3. The van der Waals surface area contributed by atoms with E-state index in [0.717, 1.165) is 0 Å². The molecule has 0 atom stereocenters. The fraction of sp³-hybridized carbons (Fsp3) is 0.125. The first kappa shape index (κ1) is 10.6. The normalized spacial score (nSPS) is 14.6. The number of fused-ring (bicyclic) bond motifs is 1. The maximum atomic E-state index is 12.2. The highest BCUT2D eigenvalue weighted by molar-refractivity contribution is 6.01. The van der Waals surface area contributed by atoms with Crippen LogP contribution in [0, 0.1) is 0 Å². The van der Waals surface area contributed by atoms with Crippen molar-refractivity contribution in [3.05, 3.63) is 18.2 Å². The fourth-order valence-electron chi connectivity index (χ4n) is 1.30. The van der Waals surface area contributed by atoms with Gasteiger partial charge in [0.1, 0.15) is 0 Å². The summed E-state index contributed by atoms with van der Waals surface area (Å²) >= 11 is 0. The van der Waals surface area contributed by atoms with E-state index in [2.05, 4.69) is 11.0 Å². The molecule has 0 bridgehead atoms. The smallest absolute Gasteiger partial charge is 0.399 e. The van der Waals surface area contributed by atoms with Gasteiger partial charge in [0.15, 0.2) is 0 Å². The van der Waals surface area contributed by atoms with Gasteiger partial charge in [0.25, 0.3) is 0 Å². The van der Waals surface area contributed by atoms with Crippen LogP contribution in [-0.4, -0.2) is 12.1 Å². The molecule has 0 saturated heterocycles. The Labute approximate surface area is 88.0 Å². The van der Waals surface area contributed by atoms with E-state index in [-0.39, 0.29) is 11.4 Å². The number of carbonyl (C=O) groups excluding carboxylic acids is 1. The lowest BCUT2D eigenvalue weighted by Crippen LogP contribution is -2.48. The summed E-state index contributed by atoms with van der Waals surface area (Å²) in [6.07, 6.45) is -4.94. The third-order valence-electron chi connectivity index (χ3n) is 2.01. The van der Waals surface area contributed by atoms with E-state index >= 15 is 0 Å². The highest BCUT2D eigenvalue weighted by Crippen LogP contribution is 2.33. The Bertz CT molecular complexity index is 445. The van der Waals surface area contributed by atoms with Crippen LogP contribution in [0.25, 0.3) is 0 Å². The number of nitrogens with one attached hydrogen (secondary N) is 2. The zero-order valence-corrected chi connectivity index (χ0v) is 7.80. The van der Waals surface area contributed by atoms with E-state index in [1.54, 1.807) is 0 Å². The number of carbonyl (C=O) groups is 1. The molecule has 0 aromatic heterocycles. The van der Waals surface area contributed by atoms with Gasteiger partial charge in [0.2, 0.25) is 0 Å². The van der Waals surface area contributed by atoms with Crippen LogP contribution in [0.1, 0.15) is 0 Å². The molecule has 5 nitrogen and oxygen atoms in total. The molecule has 4 N–H and O–H groups in total. The summed E-state index contributed by atoms with van der Waals surface area (Å²) < 4.78 is 36.6. The van der Waals surface area contributed by atoms with Crippen LogP contribution in [0.5, 0.6) is 0 Å². The first-order chi connectivity index (χ1) is 7.39. The van der Waals surface area contributed by atoms with Crippen molar-refractivity contribution in [2.24, 2.45) is 0 Å². The molecule has 8 heteroatoms. The van der Waals surface area contributed by atoms with E-state index in [1.165, 1.54) is 18.2 Å². The molecule has 1 amide bonds. The van der Waals surface area contributed by atoms with Gasteiger partial charge in [-0.3, -0.25) is 4.79 Å². The van der Waals surface area contributed by atoms with E-state index in [4.69, 9.17) is 5.73 Å². The molecule has 16 heavy (non-hydrogen) atoms. The SMILES string of the molecule is Nc1ccc2c(c1)N(C(=O)C(F)(F)F)NN2. The molecule has 2 rings (SSSR count). The van der Waals surface area contributed by atoms with Crippen LogP contribution in [-0.2, 0) is 4.79 Å². The number of alkyl halides is 3. The van der Waals surface area contributed by atoms with Gasteiger partial charge >= 0.3 is 12.1 Å². The molecule has 1 aromatic rings. The summed E-state index contributed by atoms with van der Waals surface area (Å²) in [5, 5.41) is 0.367. The van der Waals surface area contributed by atoms with Crippen molar-refractivity contribution >= 4 is 23.0 Å². The van der Waals surface area contributed by atoms with Crippen molar-refractivity contribution in [3.8, 4) is 0 Å². The maximum absolute atomic E-state index is 12.2. The van der Waals surface area contributed by atoms with Gasteiger partial charge in [-0.05, 0) is 18.2 Å². The summed E-state index contributed by atoms with van der Waals surface area (Å²) in [6, 6.07) is 4.25. The Morgan fingerprint density at radius 3 is 2.69 bits per heavy atom. The lowest BCUT2D eigenvalue weighted by molar-refractivity contribution is -0.171. The summed E-state index contributed by atoms with van der Waals surface area (Å²) in [5.74, 6) is -2.01. The minimum absolute atomic E-state index is 0.0438. The number of nitrogens with zero attached hydrogens (tertiary/aromatic N) is 1. The molecule has 86 valence electrons. The molecule has 0 saturated carbocycles. The third kappa shape index (κ3) is 1.63. The van der Waals surface area contributed by atoms with Crippen LogP contribution in [0.3, 0.4) is 0 Å². The predicted octanol–water partition coefficient (Wildman–Crippen LogP) is 1.01. The lowest BCUT2D eigenvalue weighted by Gasteiger charge is -2.17. The Hall–Kier alpha value is -1.96. The quantitative estimate of drug-likeness (QED) is 0.584. The number of halogens is 3. The second-order valence-corrected chi connectivity index (χ2v) is 3.15. The second kappa shape index (κ2) is 3.27. The van der Waals surface area contributed by atoms with Gasteiger partial charge in [-0.25, -0.2) is 5.01 Å². The zero-order chi connectivity index (χ0) is 11.9. The molecule has 0 radical (unpaired) electrons. The number of hydrogen-bond donors (Lipinski definition) is 3. The first-order valence-electron chi connectivity index (χ1n) is 4.22. The molecule has 1 heterocycles. The second-order valence-electron chi connectivity index (χ2n) is 3.15. The summed E-state index contributed by atoms with van der Waals surface area (Å²) in [4.78, 5) is 11.0. The number of amides is 1. The van der Waals surface area contributed by atoms with Gasteiger partial charge in [0, 0.05) is 5.69 Å². The molecular formula is C8H7F3N4O. The monoisotopic (exact) mass is 232 g/mol. The lowest BCUT2D eigenvalue weighted by atomic mass is 10.2. The van der Waals surface area contributed by atoms with Gasteiger partial charge < -0.3 is 11.2 Å². The number of nitrogen functional groups attached to an aromatic ring is 1. The molecule has 0 unspecified atom stereocenters. The number of rotatable bonds is 0. The van der Waals surface area contributed by atoms with Crippen LogP contribution in [0.4, 0.5) is 30.2 Å². The number of nitrogens with two attached hydrogens (primary N) is 1. The third-order valence-corrected chi connectivity index (χ3v) is 2.01. The van der Waals surface area contributed by atoms with E-state index in [0.29, 0.717) is 10.7 Å². The highest BCUT2D eigenvalue weighted by Gasteiger charge is 2.45. The van der Waals surface area contributed by atoms with E-state index < -0.39 is 12.1 Å². The Morgan fingerprint density at radius 1 is 1.38 bits per heavy atom. The molecule has 1 aromatic carbocycles. The van der Waals surface area contributed by atoms with Crippen molar-refractivity contribution in [2.45, 2.75) is 6.18 Å². The Morgan fingerprint density at radius 2 is 2.06 bits per heavy atom. The van der Waals surface area contributed by atoms with Crippen molar-refractivity contribution in [2.75, 3.05) is 16.2 Å². The number of hydrazine groups is 2. The first-order valence-corrected chi connectivity index (χ1v) is 4.22. The van der Waals surface area contributed by atoms with Crippen molar-refractivity contribution in [3.63, 3.8) is 0 Å². The minimum atomic E-state index is -4.94. The molecule has 0 fully saturated rings. The minimum Gasteiger partial charge on any atom is -0.399 e. The van der Waals surface area contributed by atoms with E-state index in [9.17, 15) is 18.0 Å². The fourth-order valence-corrected chi connectivity index (χ4v) is 1.30. The van der Waals surface area contributed by atoms with Gasteiger partial charge in [0.05, 0.1) is 11.4 Å². The molecule has 0 aliphatic carbocycles. The maximum Gasteiger partial charge on any atom is 0.473 e. The van der Waals surface area contributed by atoms with Crippen LogP contribution < -0.4 is 21.7 Å². The van der Waals surface area contributed by atoms with Crippen molar-refractivity contribution < 1.29 is 18.0 Å². The Balaban J connectivity index is 2.37. The van der Waals surface area contributed by atoms with Crippen molar-refractivity contribution in [1.82, 2.24) is 5.53 Å². The Kier molecular flexibility index (Phi) is 2.16. The van der Waals surface area contributed by atoms with Crippen LogP contribution in [0.15, 0.2) is 18.2 Å². The summed E-state index contributed by atoms with van der Waals surface area (Å²) in [5.41, 5.74) is 10.6. The van der Waals surface area contributed by atoms with E-state index in [1.807, 2.05) is 0 Å². The van der Waals surface area contributed by atoms with Gasteiger partial charge in [-0.2, -0.15) is 13.2 Å². The summed E-state index contributed by atoms with van der Waals surface area (Å²) in [7, 11) is 0. The zero-order valence-electron chi connectivity index (χ0n) is 7.80. The number of hydrogen-bond acceptors (Lipinski definition) is 4. The highest BCUT2D eigenvalue weighted by atomic mass is 19.4. The molecule has 1 aliphatic rings. The summed E-state index contributed by atoms with van der Waals surface area (Å²) in [6.45, 7) is 0. The van der Waals surface area contributed by atoms with Crippen molar-refractivity contribution in [1.29, 1.82) is 0 Å². The average Bonchev–Trinajstić information content (AvgIpc) is 2.57. The largest absolute Gasteiger partial charge is 0.473 e. The number of benzene rings is 1. The van der Waals surface area contributed by atoms with Crippen LogP contribution >= 0.6 is 0 Å². The molecule has 0 spiro atoms. The van der Waals surface area contributed by atoms with Gasteiger partial charge in [-0.15, -0.1) is 5.53 Å². The standard InChI is InChI=1S/C8H7F3N4O/c9-8(10,11)7(16)15-6-3-4(12)1-2-5(6)13-14-15/h1-3,13-14H,12H2. The molecular weight excluding hydrogens is 225 g/mol. The van der Waals surface area contributed by atoms with Gasteiger partial charge in [-0.1, -0.05) is 0 Å². The molecule has 1 aliphatic heterocycles. The van der Waals surface area contributed by atoms with Crippen LogP contribution in [0.2, 0.25) is 0 Å². The average molecular weight is 232 g/mol. The topological polar surface area (TPSA) is 70.4 Å². The predicted molar refractivity (Wildman–Crippen MR) is 51.2 cm³/mol.